The van der Waals surface area contributed by atoms with Gasteiger partial charge in [-0.15, -0.1) is 0 Å². The SMILES string of the molecule is CCN(C(=O)CN1C(=S)NC(C)(C)C[C@@H]1C)c1ccc(C)c(C)c1. The van der Waals surface area contributed by atoms with Crippen LogP contribution in [0.1, 0.15) is 45.2 Å². The van der Waals surface area contributed by atoms with Crippen molar-refractivity contribution < 1.29 is 4.79 Å². The lowest BCUT2D eigenvalue weighted by atomic mass is 9.93. The zero-order valence-electron chi connectivity index (χ0n) is 15.6. The van der Waals surface area contributed by atoms with E-state index in [1.54, 1.807) is 0 Å². The van der Waals surface area contributed by atoms with Crippen LogP contribution in [0.3, 0.4) is 0 Å². The van der Waals surface area contributed by atoms with Gasteiger partial charge in [-0.05, 0) is 83.4 Å². The van der Waals surface area contributed by atoms with Crippen LogP contribution in [-0.2, 0) is 4.79 Å². The van der Waals surface area contributed by atoms with Gasteiger partial charge in [0.2, 0.25) is 5.91 Å². The highest BCUT2D eigenvalue weighted by Gasteiger charge is 2.34. The van der Waals surface area contributed by atoms with E-state index in [4.69, 9.17) is 12.2 Å². The fourth-order valence-corrected chi connectivity index (χ4v) is 3.84. The molecule has 1 aromatic rings. The number of rotatable bonds is 4. The first-order chi connectivity index (χ1) is 11.1. The zero-order chi connectivity index (χ0) is 18.1. The average molecular weight is 348 g/mol. The molecule has 0 spiro atoms. The Hall–Kier alpha value is -1.62. The Bertz CT molecular complexity index is 641. The van der Waals surface area contributed by atoms with E-state index in [0.29, 0.717) is 18.2 Å². The van der Waals surface area contributed by atoms with Gasteiger partial charge in [0, 0.05) is 23.8 Å². The molecule has 1 heterocycles. The first-order valence-corrected chi connectivity index (χ1v) is 9.02. The second-order valence-corrected chi connectivity index (χ2v) is 7.79. The highest BCUT2D eigenvalue weighted by Crippen LogP contribution is 2.23. The molecule has 0 bridgehead atoms. The van der Waals surface area contributed by atoms with Crippen LogP contribution in [-0.4, -0.2) is 40.6 Å². The number of aryl methyl sites for hydroxylation is 2. The Morgan fingerprint density at radius 1 is 1.38 bits per heavy atom. The minimum absolute atomic E-state index is 0.0193. The number of likely N-dealkylation sites (N-methyl/N-ethyl adjacent to an activating group) is 1. The molecule has 1 aliphatic heterocycles. The van der Waals surface area contributed by atoms with E-state index < -0.39 is 0 Å². The predicted molar refractivity (Wildman–Crippen MR) is 105 cm³/mol. The number of amides is 1. The Kier molecular flexibility index (Phi) is 5.53. The maximum absolute atomic E-state index is 12.9. The molecular formula is C19H29N3OS. The second-order valence-electron chi connectivity index (χ2n) is 7.40. The molecule has 1 aromatic carbocycles. The molecule has 0 aromatic heterocycles. The average Bonchev–Trinajstić information content (AvgIpc) is 2.46. The summed E-state index contributed by atoms with van der Waals surface area (Å²) in [7, 11) is 0. The Morgan fingerprint density at radius 2 is 2.04 bits per heavy atom. The van der Waals surface area contributed by atoms with Gasteiger partial charge in [-0.1, -0.05) is 6.07 Å². The van der Waals surface area contributed by atoms with Crippen molar-refractivity contribution in [1.82, 2.24) is 10.2 Å². The Morgan fingerprint density at radius 3 is 2.58 bits per heavy atom. The third kappa shape index (κ3) is 4.07. The molecule has 4 nitrogen and oxygen atoms in total. The quantitative estimate of drug-likeness (QED) is 0.847. The van der Waals surface area contributed by atoms with Gasteiger partial charge in [0.25, 0.3) is 0 Å². The summed E-state index contributed by atoms with van der Waals surface area (Å²) in [5.41, 5.74) is 3.37. The van der Waals surface area contributed by atoms with Crippen molar-refractivity contribution in [3.05, 3.63) is 29.3 Å². The molecule has 5 heteroatoms. The van der Waals surface area contributed by atoms with Crippen LogP contribution in [0.5, 0.6) is 0 Å². The van der Waals surface area contributed by atoms with E-state index >= 15 is 0 Å². The lowest BCUT2D eigenvalue weighted by molar-refractivity contribution is -0.119. The summed E-state index contributed by atoms with van der Waals surface area (Å²) in [5.74, 6) is 0.0801. The van der Waals surface area contributed by atoms with Gasteiger partial charge in [0.1, 0.15) is 0 Å². The maximum Gasteiger partial charge on any atom is 0.246 e. The summed E-state index contributed by atoms with van der Waals surface area (Å²) in [5, 5.41) is 4.01. The van der Waals surface area contributed by atoms with Crippen molar-refractivity contribution in [2.24, 2.45) is 0 Å². The number of carbonyl (C=O) groups excluding carboxylic acids is 1. The number of thiocarbonyl (C=S) groups is 1. The van der Waals surface area contributed by atoms with Crippen molar-refractivity contribution in [3.8, 4) is 0 Å². The topological polar surface area (TPSA) is 35.6 Å². The van der Waals surface area contributed by atoms with Gasteiger partial charge >= 0.3 is 0 Å². The van der Waals surface area contributed by atoms with E-state index in [2.05, 4.69) is 52.1 Å². The second kappa shape index (κ2) is 7.09. The standard InChI is InChI=1S/C19H29N3OS/c1-7-21(16-9-8-13(2)14(3)10-16)17(23)12-22-15(4)11-19(5,6)20-18(22)24/h8-10,15H,7,11-12H2,1-6H3,(H,20,24)/t15-/m0/s1. The monoisotopic (exact) mass is 347 g/mol. The van der Waals surface area contributed by atoms with E-state index in [1.165, 1.54) is 11.1 Å². The molecule has 1 saturated heterocycles. The van der Waals surface area contributed by atoms with Gasteiger partial charge in [-0.2, -0.15) is 0 Å². The third-order valence-electron chi connectivity index (χ3n) is 4.77. The Balaban J connectivity index is 2.14. The largest absolute Gasteiger partial charge is 0.358 e. The minimum atomic E-state index is -0.0193. The minimum Gasteiger partial charge on any atom is -0.358 e. The number of anilines is 1. The van der Waals surface area contributed by atoms with Gasteiger partial charge in [-0.25, -0.2) is 0 Å². The molecule has 1 fully saturated rings. The molecule has 2 rings (SSSR count). The highest BCUT2D eigenvalue weighted by atomic mass is 32.1. The molecule has 0 aliphatic carbocycles. The molecule has 132 valence electrons. The summed E-state index contributed by atoms with van der Waals surface area (Å²) >= 11 is 5.49. The zero-order valence-corrected chi connectivity index (χ0v) is 16.5. The van der Waals surface area contributed by atoms with Crippen LogP contribution in [0, 0.1) is 13.8 Å². The van der Waals surface area contributed by atoms with Crippen molar-refractivity contribution >= 4 is 28.9 Å². The van der Waals surface area contributed by atoms with E-state index in [1.807, 2.05) is 22.8 Å². The summed E-state index contributed by atoms with van der Waals surface area (Å²) in [6, 6.07) is 6.41. The van der Waals surface area contributed by atoms with Crippen molar-refractivity contribution in [3.63, 3.8) is 0 Å². The van der Waals surface area contributed by atoms with E-state index in [0.717, 1.165) is 12.1 Å². The molecular weight excluding hydrogens is 318 g/mol. The van der Waals surface area contributed by atoms with Crippen LogP contribution in [0.4, 0.5) is 5.69 Å². The van der Waals surface area contributed by atoms with Crippen LogP contribution in [0.25, 0.3) is 0 Å². The number of hydrogen-bond donors (Lipinski definition) is 1. The molecule has 0 saturated carbocycles. The van der Waals surface area contributed by atoms with Gasteiger partial charge in [0.05, 0.1) is 6.54 Å². The molecule has 1 N–H and O–H groups in total. The Labute approximate surface area is 151 Å². The van der Waals surface area contributed by atoms with Crippen LogP contribution in [0.2, 0.25) is 0 Å². The molecule has 0 unspecified atom stereocenters. The number of nitrogens with one attached hydrogen (secondary N) is 1. The molecule has 1 atom stereocenters. The summed E-state index contributed by atoms with van der Waals surface area (Å²) in [6.07, 6.45) is 0.955. The highest BCUT2D eigenvalue weighted by molar-refractivity contribution is 7.80. The lowest BCUT2D eigenvalue weighted by Crippen LogP contribution is -2.61. The van der Waals surface area contributed by atoms with Crippen LogP contribution >= 0.6 is 12.2 Å². The third-order valence-corrected chi connectivity index (χ3v) is 5.11. The van der Waals surface area contributed by atoms with Gasteiger partial charge in [-0.3, -0.25) is 4.79 Å². The van der Waals surface area contributed by atoms with Gasteiger partial charge in [0.15, 0.2) is 5.11 Å². The smallest absolute Gasteiger partial charge is 0.246 e. The first kappa shape index (κ1) is 18.7. The van der Waals surface area contributed by atoms with Crippen LogP contribution in [0.15, 0.2) is 18.2 Å². The van der Waals surface area contributed by atoms with Crippen molar-refractivity contribution in [1.29, 1.82) is 0 Å². The summed E-state index contributed by atoms with van der Waals surface area (Å²) < 4.78 is 0. The predicted octanol–water partition coefficient (Wildman–Crippen LogP) is 3.40. The van der Waals surface area contributed by atoms with E-state index in [9.17, 15) is 4.79 Å². The molecule has 1 aliphatic rings. The lowest BCUT2D eigenvalue weighted by Gasteiger charge is -2.44. The van der Waals surface area contributed by atoms with Crippen LogP contribution < -0.4 is 10.2 Å². The summed E-state index contributed by atoms with van der Waals surface area (Å²) in [6.45, 7) is 13.5. The summed E-state index contributed by atoms with van der Waals surface area (Å²) in [4.78, 5) is 16.7. The fraction of sp³-hybridized carbons (Fsp3) is 0.579. The van der Waals surface area contributed by atoms with Crippen molar-refractivity contribution in [2.45, 2.75) is 59.5 Å². The number of nitrogens with zero attached hydrogens (tertiary/aromatic N) is 2. The number of carbonyl (C=O) groups is 1. The number of hydrogen-bond acceptors (Lipinski definition) is 2. The molecule has 0 radical (unpaired) electrons. The first-order valence-electron chi connectivity index (χ1n) is 8.61. The normalized spacial score (nSPS) is 19.8. The molecule has 24 heavy (non-hydrogen) atoms. The fourth-order valence-electron chi connectivity index (χ4n) is 3.32. The van der Waals surface area contributed by atoms with E-state index in [-0.39, 0.29) is 17.5 Å². The van der Waals surface area contributed by atoms with Crippen molar-refractivity contribution in [2.75, 3.05) is 18.0 Å². The van der Waals surface area contributed by atoms with Gasteiger partial charge < -0.3 is 15.1 Å². The maximum atomic E-state index is 12.9. The number of benzene rings is 1. The molecule has 1 amide bonds.